The van der Waals surface area contributed by atoms with Crippen molar-refractivity contribution in [3.05, 3.63) is 59.4 Å². The van der Waals surface area contributed by atoms with Gasteiger partial charge in [0.25, 0.3) is 0 Å². The van der Waals surface area contributed by atoms with Crippen molar-refractivity contribution in [3.63, 3.8) is 0 Å². The number of ether oxygens (including phenoxy) is 1. The molecule has 2 aromatic carbocycles. The molecular formula is C18H14FNOS. The van der Waals surface area contributed by atoms with Gasteiger partial charge in [0.05, 0.1) is 23.0 Å². The Kier molecular flexibility index (Phi) is 5.85. The van der Waals surface area contributed by atoms with Gasteiger partial charge in [-0.25, -0.2) is 4.39 Å². The number of halogens is 1. The van der Waals surface area contributed by atoms with Crippen molar-refractivity contribution >= 4 is 23.1 Å². The molecule has 0 aromatic heterocycles. The minimum absolute atomic E-state index is 0.338. The van der Waals surface area contributed by atoms with Crippen LogP contribution in [0.3, 0.4) is 0 Å². The van der Waals surface area contributed by atoms with Gasteiger partial charge in [0, 0.05) is 11.6 Å². The van der Waals surface area contributed by atoms with E-state index < -0.39 is 0 Å². The van der Waals surface area contributed by atoms with Gasteiger partial charge in [0.1, 0.15) is 11.6 Å². The Morgan fingerprint density at radius 2 is 1.91 bits per heavy atom. The van der Waals surface area contributed by atoms with E-state index in [2.05, 4.69) is 34.2 Å². The largest absolute Gasteiger partial charge is 0.494 e. The third kappa shape index (κ3) is 4.53. The number of rotatable bonds is 4. The molecule has 0 saturated carbocycles. The number of hydrogen-bond acceptors (Lipinski definition) is 3. The van der Waals surface area contributed by atoms with E-state index in [0.29, 0.717) is 23.6 Å². The van der Waals surface area contributed by atoms with Crippen molar-refractivity contribution in [1.82, 2.24) is 0 Å². The number of isothiocyanates is 1. The zero-order chi connectivity index (χ0) is 15.8. The van der Waals surface area contributed by atoms with E-state index in [-0.39, 0.29) is 5.82 Å². The fourth-order valence-corrected chi connectivity index (χ4v) is 1.82. The molecular weight excluding hydrogens is 297 g/mol. The maximum atomic E-state index is 13.9. The summed E-state index contributed by atoms with van der Waals surface area (Å²) in [6.45, 7) is 2.57. The quantitative estimate of drug-likeness (QED) is 0.462. The standard InChI is InChI=1S/C18H14FNOS/c1-2-11-21-17-10-7-15(18(19)12-17)6-3-14-4-8-16(9-5-14)20-13-22/h4-5,7-10,12H,2,11H2,1H3. The van der Waals surface area contributed by atoms with Gasteiger partial charge >= 0.3 is 0 Å². The molecule has 2 aromatic rings. The van der Waals surface area contributed by atoms with Crippen LogP contribution in [0.25, 0.3) is 0 Å². The Labute approximate surface area is 134 Å². The molecule has 0 aliphatic rings. The predicted octanol–water partition coefficient (Wildman–Crippen LogP) is 4.75. The molecule has 0 radical (unpaired) electrons. The topological polar surface area (TPSA) is 21.6 Å². The minimum Gasteiger partial charge on any atom is -0.494 e. The Bertz CT molecular complexity index is 753. The summed E-state index contributed by atoms with van der Waals surface area (Å²) >= 11 is 4.54. The first-order valence-corrected chi connectivity index (χ1v) is 7.26. The van der Waals surface area contributed by atoms with Gasteiger partial charge in [-0.2, -0.15) is 4.99 Å². The maximum absolute atomic E-state index is 13.9. The van der Waals surface area contributed by atoms with Crippen LogP contribution in [0.5, 0.6) is 5.75 Å². The molecule has 0 aliphatic heterocycles. The fourth-order valence-electron chi connectivity index (χ4n) is 1.72. The number of nitrogens with zero attached hydrogens (tertiary/aromatic N) is 1. The Morgan fingerprint density at radius 3 is 2.55 bits per heavy atom. The van der Waals surface area contributed by atoms with E-state index in [0.717, 1.165) is 12.0 Å². The molecule has 0 heterocycles. The van der Waals surface area contributed by atoms with Crippen LogP contribution >= 0.6 is 12.2 Å². The highest BCUT2D eigenvalue weighted by Crippen LogP contribution is 2.17. The van der Waals surface area contributed by atoms with Gasteiger partial charge in [0.2, 0.25) is 0 Å². The Morgan fingerprint density at radius 1 is 1.14 bits per heavy atom. The molecule has 0 saturated heterocycles. The summed E-state index contributed by atoms with van der Waals surface area (Å²) in [6, 6.07) is 11.9. The average Bonchev–Trinajstić information content (AvgIpc) is 2.54. The molecule has 0 unspecified atom stereocenters. The number of thiocarbonyl (C=S) groups is 1. The lowest BCUT2D eigenvalue weighted by molar-refractivity contribution is 0.315. The molecule has 2 nitrogen and oxygen atoms in total. The van der Waals surface area contributed by atoms with Crippen molar-refractivity contribution in [2.45, 2.75) is 13.3 Å². The van der Waals surface area contributed by atoms with E-state index in [1.54, 1.807) is 36.4 Å². The second-order valence-electron chi connectivity index (χ2n) is 4.49. The first-order valence-electron chi connectivity index (χ1n) is 6.85. The highest BCUT2D eigenvalue weighted by molar-refractivity contribution is 7.78. The molecule has 0 amide bonds. The highest BCUT2D eigenvalue weighted by Gasteiger charge is 2.01. The summed E-state index contributed by atoms with van der Waals surface area (Å²) in [5.74, 6) is 5.87. The number of hydrogen-bond donors (Lipinski definition) is 0. The van der Waals surface area contributed by atoms with E-state index in [4.69, 9.17) is 4.74 Å². The van der Waals surface area contributed by atoms with E-state index in [1.165, 1.54) is 6.07 Å². The van der Waals surface area contributed by atoms with Crippen LogP contribution in [0.1, 0.15) is 24.5 Å². The van der Waals surface area contributed by atoms with Crippen LogP contribution in [0.4, 0.5) is 10.1 Å². The smallest absolute Gasteiger partial charge is 0.142 e. The van der Waals surface area contributed by atoms with E-state index >= 15 is 0 Å². The molecule has 0 N–H and O–H groups in total. The number of aliphatic imine (C=N–C) groups is 1. The molecule has 22 heavy (non-hydrogen) atoms. The molecule has 4 heteroatoms. The van der Waals surface area contributed by atoms with Crippen LogP contribution in [-0.2, 0) is 0 Å². The Balaban J connectivity index is 2.15. The Hall–Kier alpha value is -2.47. The van der Waals surface area contributed by atoms with Gasteiger partial charge in [0.15, 0.2) is 0 Å². The second kappa shape index (κ2) is 8.09. The van der Waals surface area contributed by atoms with Crippen LogP contribution in [0.15, 0.2) is 47.5 Å². The maximum Gasteiger partial charge on any atom is 0.142 e. The van der Waals surface area contributed by atoms with Crippen LogP contribution < -0.4 is 4.74 Å². The zero-order valence-corrected chi connectivity index (χ0v) is 12.9. The van der Waals surface area contributed by atoms with Gasteiger partial charge in [-0.15, -0.1) is 0 Å². The van der Waals surface area contributed by atoms with Crippen LogP contribution in [0, 0.1) is 17.7 Å². The summed E-state index contributed by atoms with van der Waals surface area (Å²) in [4.78, 5) is 3.86. The molecule has 0 bridgehead atoms. The third-order valence-electron chi connectivity index (χ3n) is 2.80. The second-order valence-corrected chi connectivity index (χ2v) is 4.67. The summed E-state index contributed by atoms with van der Waals surface area (Å²) in [5.41, 5.74) is 1.82. The van der Waals surface area contributed by atoms with E-state index in [1.807, 2.05) is 6.92 Å². The van der Waals surface area contributed by atoms with Crippen LogP contribution in [-0.4, -0.2) is 11.8 Å². The van der Waals surface area contributed by atoms with Gasteiger partial charge in [-0.3, -0.25) is 0 Å². The first kappa shape index (κ1) is 15.9. The number of benzene rings is 2. The lowest BCUT2D eigenvalue weighted by Crippen LogP contribution is -1.96. The summed E-state index contributed by atoms with van der Waals surface area (Å²) < 4.78 is 19.3. The van der Waals surface area contributed by atoms with Crippen molar-refractivity contribution < 1.29 is 9.13 Å². The first-order chi connectivity index (χ1) is 10.7. The normalized spacial score (nSPS) is 9.36. The van der Waals surface area contributed by atoms with Gasteiger partial charge < -0.3 is 4.74 Å². The van der Waals surface area contributed by atoms with Crippen LogP contribution in [0.2, 0.25) is 0 Å². The molecule has 0 aliphatic carbocycles. The average molecular weight is 311 g/mol. The molecule has 110 valence electrons. The lowest BCUT2D eigenvalue weighted by Gasteiger charge is -2.04. The zero-order valence-electron chi connectivity index (χ0n) is 12.1. The summed E-state index contributed by atoms with van der Waals surface area (Å²) in [6.07, 6.45) is 0.881. The van der Waals surface area contributed by atoms with Crippen molar-refractivity contribution in [2.75, 3.05) is 6.61 Å². The monoisotopic (exact) mass is 311 g/mol. The van der Waals surface area contributed by atoms with E-state index in [9.17, 15) is 4.39 Å². The summed E-state index contributed by atoms with van der Waals surface area (Å²) in [5, 5.41) is 2.30. The minimum atomic E-state index is -0.386. The lowest BCUT2D eigenvalue weighted by atomic mass is 10.1. The van der Waals surface area contributed by atoms with Gasteiger partial charge in [-0.1, -0.05) is 18.8 Å². The fraction of sp³-hybridized carbons (Fsp3) is 0.167. The molecule has 0 spiro atoms. The van der Waals surface area contributed by atoms with Crippen molar-refractivity contribution in [2.24, 2.45) is 4.99 Å². The van der Waals surface area contributed by atoms with Crippen molar-refractivity contribution in [1.29, 1.82) is 0 Å². The third-order valence-corrected chi connectivity index (χ3v) is 2.89. The molecule has 0 fully saturated rings. The summed E-state index contributed by atoms with van der Waals surface area (Å²) in [7, 11) is 0. The molecule has 2 rings (SSSR count). The highest BCUT2D eigenvalue weighted by atomic mass is 32.1. The van der Waals surface area contributed by atoms with Crippen molar-refractivity contribution in [3.8, 4) is 17.6 Å². The molecule has 0 atom stereocenters. The van der Waals surface area contributed by atoms with Gasteiger partial charge in [-0.05, 0) is 55.0 Å². The SMILES string of the molecule is CCCOc1ccc(C#Cc2ccc(N=C=S)cc2)c(F)c1. The predicted molar refractivity (Wildman–Crippen MR) is 89.3 cm³/mol.